The molecule has 61 heavy (non-hydrogen) atoms. The minimum Gasteiger partial charge on any atom is -0.462 e. The maximum Gasteiger partial charge on any atom is 0.306 e. The fourth-order valence-corrected chi connectivity index (χ4v) is 7.09. The van der Waals surface area contributed by atoms with Gasteiger partial charge in [-0.25, -0.2) is 0 Å². The van der Waals surface area contributed by atoms with Gasteiger partial charge in [0.15, 0.2) is 6.10 Å². The van der Waals surface area contributed by atoms with E-state index in [9.17, 15) is 14.4 Å². The quantitative estimate of drug-likeness (QED) is 0.0263. The summed E-state index contributed by atoms with van der Waals surface area (Å²) in [6.45, 7) is 6.45. The average molecular weight is 853 g/mol. The van der Waals surface area contributed by atoms with Gasteiger partial charge >= 0.3 is 17.9 Å². The number of carbonyl (C=O) groups is 3. The van der Waals surface area contributed by atoms with Gasteiger partial charge in [-0.3, -0.25) is 14.4 Å². The van der Waals surface area contributed by atoms with Crippen LogP contribution in [0.3, 0.4) is 0 Å². The Morgan fingerprint density at radius 1 is 0.344 bits per heavy atom. The van der Waals surface area contributed by atoms with E-state index >= 15 is 0 Å². The number of unbranched alkanes of at least 4 members (excludes halogenated alkanes) is 25. The number of rotatable bonds is 46. The molecule has 1 atom stereocenters. The summed E-state index contributed by atoms with van der Waals surface area (Å²) < 4.78 is 16.7. The summed E-state index contributed by atoms with van der Waals surface area (Å²) in [5, 5.41) is 0. The third-order valence-corrected chi connectivity index (χ3v) is 11.0. The number of hydrogen-bond donors (Lipinski definition) is 0. The Morgan fingerprint density at radius 3 is 1.07 bits per heavy atom. The summed E-state index contributed by atoms with van der Waals surface area (Å²) in [6.07, 6.45) is 60.7. The molecule has 0 fully saturated rings. The lowest BCUT2D eigenvalue weighted by atomic mass is 10.1. The number of esters is 3. The SMILES string of the molecule is CC/C=C\C/C=C\CCCCC(=O)OCC(COC(=O)CCCCCCCCC/C=C\C/C=C\CCCCC)OC(=O)CCCCCCCCC/C=C\CCCCCCCC. The molecule has 0 N–H and O–H groups in total. The Labute approximate surface area is 377 Å². The Kier molecular flexibility index (Phi) is 47.4. The van der Waals surface area contributed by atoms with Crippen LogP contribution in [0.4, 0.5) is 0 Å². The molecule has 352 valence electrons. The molecule has 0 amide bonds. The summed E-state index contributed by atoms with van der Waals surface area (Å²) in [7, 11) is 0. The van der Waals surface area contributed by atoms with Crippen LogP contribution >= 0.6 is 0 Å². The normalized spacial score (nSPS) is 12.5. The molecule has 0 aliphatic carbocycles. The topological polar surface area (TPSA) is 78.9 Å². The van der Waals surface area contributed by atoms with Crippen LogP contribution in [-0.4, -0.2) is 37.2 Å². The molecule has 0 radical (unpaired) electrons. The monoisotopic (exact) mass is 853 g/mol. The predicted octanol–water partition coefficient (Wildman–Crippen LogP) is 16.9. The molecule has 0 aromatic carbocycles. The molecule has 1 unspecified atom stereocenters. The molecular weight excluding hydrogens is 757 g/mol. The Hall–Kier alpha value is -2.89. The first-order valence-electron chi connectivity index (χ1n) is 25.8. The minimum atomic E-state index is -0.791. The number of allylic oxidation sites excluding steroid dienone is 10. The van der Waals surface area contributed by atoms with Crippen LogP contribution in [0, 0.1) is 0 Å². The van der Waals surface area contributed by atoms with Crippen LogP contribution in [0.15, 0.2) is 60.8 Å². The van der Waals surface area contributed by atoms with E-state index in [-0.39, 0.29) is 31.1 Å². The van der Waals surface area contributed by atoms with Crippen molar-refractivity contribution in [3.8, 4) is 0 Å². The zero-order valence-electron chi connectivity index (χ0n) is 40.2. The van der Waals surface area contributed by atoms with Crippen LogP contribution in [0.1, 0.15) is 252 Å². The third-order valence-electron chi connectivity index (χ3n) is 11.0. The zero-order chi connectivity index (χ0) is 44.4. The standard InChI is InChI=1S/C55H96O6/c1-4-7-10-13-16-19-21-23-25-27-29-31-33-36-39-42-45-48-54(57)60-51-52(50-59-53(56)47-44-41-38-35-18-15-12-9-6-3)61-55(58)49-46-43-40-37-34-32-30-28-26-24-22-20-17-14-11-8-5-2/h9,12,16,18-19,23-26,35,52H,4-8,10-11,13-15,17,20-22,27-34,36-51H2,1-3H3/b12-9-,19-16-,25-23-,26-24-,35-18-. The van der Waals surface area contributed by atoms with Crippen molar-refractivity contribution in [2.75, 3.05) is 13.2 Å². The van der Waals surface area contributed by atoms with Gasteiger partial charge in [0, 0.05) is 19.3 Å². The maximum absolute atomic E-state index is 12.8. The van der Waals surface area contributed by atoms with Crippen LogP contribution in [-0.2, 0) is 28.6 Å². The molecular formula is C55H96O6. The number of carbonyl (C=O) groups excluding carboxylic acids is 3. The first-order valence-corrected chi connectivity index (χ1v) is 25.8. The van der Waals surface area contributed by atoms with E-state index < -0.39 is 6.10 Å². The zero-order valence-corrected chi connectivity index (χ0v) is 40.2. The second-order valence-corrected chi connectivity index (χ2v) is 17.0. The molecule has 6 nitrogen and oxygen atoms in total. The van der Waals surface area contributed by atoms with Gasteiger partial charge in [0.1, 0.15) is 13.2 Å². The summed E-state index contributed by atoms with van der Waals surface area (Å²) in [6, 6.07) is 0. The van der Waals surface area contributed by atoms with E-state index in [0.29, 0.717) is 19.3 Å². The van der Waals surface area contributed by atoms with E-state index in [1.165, 1.54) is 128 Å². The van der Waals surface area contributed by atoms with Gasteiger partial charge in [0.05, 0.1) is 0 Å². The minimum absolute atomic E-state index is 0.0902. The molecule has 0 bridgehead atoms. The Balaban J connectivity index is 4.35. The van der Waals surface area contributed by atoms with Crippen LogP contribution in [0.5, 0.6) is 0 Å². The van der Waals surface area contributed by atoms with Gasteiger partial charge < -0.3 is 14.2 Å². The van der Waals surface area contributed by atoms with Crippen LogP contribution in [0.25, 0.3) is 0 Å². The van der Waals surface area contributed by atoms with E-state index in [4.69, 9.17) is 14.2 Å². The highest BCUT2D eigenvalue weighted by Crippen LogP contribution is 2.14. The second kappa shape index (κ2) is 49.8. The highest BCUT2D eigenvalue weighted by Gasteiger charge is 2.19. The van der Waals surface area contributed by atoms with Crippen LogP contribution < -0.4 is 0 Å². The summed E-state index contributed by atoms with van der Waals surface area (Å²) in [4.78, 5) is 37.9. The molecule has 0 aliphatic heterocycles. The van der Waals surface area contributed by atoms with Crippen molar-refractivity contribution in [2.24, 2.45) is 0 Å². The predicted molar refractivity (Wildman–Crippen MR) is 261 cm³/mol. The highest BCUT2D eigenvalue weighted by atomic mass is 16.6. The van der Waals surface area contributed by atoms with Crippen molar-refractivity contribution >= 4 is 17.9 Å². The highest BCUT2D eigenvalue weighted by molar-refractivity contribution is 5.71. The van der Waals surface area contributed by atoms with Gasteiger partial charge in [-0.1, -0.05) is 191 Å². The Bertz CT molecular complexity index is 1120. The number of hydrogen-bond acceptors (Lipinski definition) is 6. The first kappa shape index (κ1) is 58.1. The fourth-order valence-electron chi connectivity index (χ4n) is 7.09. The molecule has 0 spiro atoms. The van der Waals surface area contributed by atoms with Gasteiger partial charge in [0.2, 0.25) is 0 Å². The van der Waals surface area contributed by atoms with Crippen LogP contribution in [0.2, 0.25) is 0 Å². The lowest BCUT2D eigenvalue weighted by Gasteiger charge is -2.18. The van der Waals surface area contributed by atoms with Gasteiger partial charge in [-0.15, -0.1) is 0 Å². The van der Waals surface area contributed by atoms with Crippen molar-refractivity contribution in [3.63, 3.8) is 0 Å². The van der Waals surface area contributed by atoms with Crippen molar-refractivity contribution in [1.29, 1.82) is 0 Å². The molecule has 0 aliphatic rings. The van der Waals surface area contributed by atoms with Crippen molar-refractivity contribution < 1.29 is 28.6 Å². The molecule has 6 heteroatoms. The molecule has 0 heterocycles. The van der Waals surface area contributed by atoms with Crippen molar-refractivity contribution in [3.05, 3.63) is 60.8 Å². The molecule has 0 saturated carbocycles. The molecule has 0 aromatic heterocycles. The van der Waals surface area contributed by atoms with E-state index in [1.807, 2.05) is 0 Å². The van der Waals surface area contributed by atoms with E-state index in [2.05, 4.69) is 81.5 Å². The largest absolute Gasteiger partial charge is 0.462 e. The molecule has 0 rings (SSSR count). The summed E-state index contributed by atoms with van der Waals surface area (Å²) >= 11 is 0. The second-order valence-electron chi connectivity index (χ2n) is 17.0. The average Bonchev–Trinajstić information content (AvgIpc) is 3.26. The lowest BCUT2D eigenvalue weighted by Crippen LogP contribution is -2.30. The van der Waals surface area contributed by atoms with Gasteiger partial charge in [-0.2, -0.15) is 0 Å². The fraction of sp³-hybridized carbons (Fsp3) is 0.764. The number of ether oxygens (including phenoxy) is 3. The molecule has 0 aromatic rings. The van der Waals surface area contributed by atoms with Gasteiger partial charge in [-0.05, 0) is 103 Å². The van der Waals surface area contributed by atoms with Gasteiger partial charge in [0.25, 0.3) is 0 Å². The Morgan fingerprint density at radius 2 is 0.639 bits per heavy atom. The van der Waals surface area contributed by atoms with E-state index in [1.54, 1.807) is 0 Å². The maximum atomic E-state index is 12.8. The smallest absolute Gasteiger partial charge is 0.306 e. The molecule has 0 saturated heterocycles. The third kappa shape index (κ3) is 48.0. The summed E-state index contributed by atoms with van der Waals surface area (Å²) in [5.74, 6) is -0.937. The summed E-state index contributed by atoms with van der Waals surface area (Å²) in [5.41, 5.74) is 0. The lowest BCUT2D eigenvalue weighted by molar-refractivity contribution is -0.167. The van der Waals surface area contributed by atoms with Crippen molar-refractivity contribution in [1.82, 2.24) is 0 Å². The van der Waals surface area contributed by atoms with E-state index in [0.717, 1.165) is 83.5 Å². The first-order chi connectivity index (χ1) is 30.0. The van der Waals surface area contributed by atoms with Crippen molar-refractivity contribution in [2.45, 2.75) is 258 Å².